The van der Waals surface area contributed by atoms with Crippen molar-refractivity contribution in [2.45, 2.75) is 25.9 Å². The number of nitro groups is 1. The summed E-state index contributed by atoms with van der Waals surface area (Å²) >= 11 is 5.87. The highest BCUT2D eigenvalue weighted by Gasteiger charge is 2.27. The number of nitrogens with one attached hydrogen (secondary N) is 2. The van der Waals surface area contributed by atoms with E-state index in [1.54, 1.807) is 24.3 Å². The molecule has 0 aliphatic rings. The van der Waals surface area contributed by atoms with Crippen molar-refractivity contribution in [2.75, 3.05) is 23.3 Å². The molecule has 0 radical (unpaired) electrons. The van der Waals surface area contributed by atoms with Gasteiger partial charge in [-0.05, 0) is 49.1 Å². The number of aromatic nitrogens is 2. The van der Waals surface area contributed by atoms with Crippen LogP contribution in [0.5, 0.6) is 0 Å². The van der Waals surface area contributed by atoms with Crippen LogP contribution < -0.4 is 15.5 Å². The second-order valence-corrected chi connectivity index (χ2v) is 8.21. The molecular formula is C24H25ClN6O6. The van der Waals surface area contributed by atoms with Gasteiger partial charge in [-0.1, -0.05) is 41.9 Å². The Morgan fingerprint density at radius 2 is 1.81 bits per heavy atom. The van der Waals surface area contributed by atoms with Crippen molar-refractivity contribution in [3.63, 3.8) is 0 Å². The maximum atomic E-state index is 11.9. The number of rotatable bonds is 12. The largest absolute Gasteiger partial charge is 0.465 e. The van der Waals surface area contributed by atoms with Gasteiger partial charge in [0.2, 0.25) is 11.8 Å². The lowest BCUT2D eigenvalue weighted by molar-refractivity contribution is -0.384. The first-order chi connectivity index (χ1) is 17.8. The molecule has 0 bridgehead atoms. The number of halogens is 1. The Balaban J connectivity index is 1.52. The molecule has 1 heterocycles. The molecule has 0 aliphatic carbocycles. The zero-order valence-corrected chi connectivity index (χ0v) is 20.4. The van der Waals surface area contributed by atoms with Gasteiger partial charge in [0.25, 0.3) is 0 Å². The Kier molecular flexibility index (Phi) is 9.97. The van der Waals surface area contributed by atoms with Crippen molar-refractivity contribution >= 4 is 46.9 Å². The quantitative estimate of drug-likeness (QED) is 0.159. The molecule has 0 spiro atoms. The normalized spacial score (nSPS) is 10.4. The van der Waals surface area contributed by atoms with Crippen LogP contribution in [0, 0.1) is 10.1 Å². The van der Waals surface area contributed by atoms with E-state index in [1.807, 2.05) is 30.3 Å². The minimum atomic E-state index is -1.39. The van der Waals surface area contributed by atoms with Crippen molar-refractivity contribution in [3.05, 3.63) is 81.5 Å². The SMILES string of the molecule is O=C(NCCCCCN(C(=O)O)c1nc(Nc2ccc(Cl)cc2)ncc1[N+](=O)[O-])OCc1ccccc1. The van der Waals surface area contributed by atoms with E-state index >= 15 is 0 Å². The Morgan fingerprint density at radius 1 is 1.08 bits per heavy atom. The number of benzene rings is 2. The van der Waals surface area contributed by atoms with Crippen molar-refractivity contribution in [1.29, 1.82) is 0 Å². The van der Waals surface area contributed by atoms with E-state index in [-0.39, 0.29) is 24.9 Å². The summed E-state index contributed by atoms with van der Waals surface area (Å²) in [4.78, 5) is 43.3. The van der Waals surface area contributed by atoms with Gasteiger partial charge in [-0.15, -0.1) is 0 Å². The minimum absolute atomic E-state index is 0.00705. The number of carboxylic acid groups (broad SMARTS) is 1. The number of ether oxygens (including phenoxy) is 1. The third-order valence-electron chi connectivity index (χ3n) is 5.07. The summed E-state index contributed by atoms with van der Waals surface area (Å²) < 4.78 is 5.13. The average Bonchev–Trinajstić information content (AvgIpc) is 2.88. The Bertz CT molecular complexity index is 1210. The first kappa shape index (κ1) is 27.1. The standard InChI is InChI=1S/C24H25ClN6O6/c25-18-9-11-19(12-10-18)28-22-27-15-20(31(35)36)21(29-22)30(24(33)34)14-6-2-5-13-26-23(32)37-16-17-7-3-1-4-8-17/h1,3-4,7-12,15H,2,5-6,13-14,16H2,(H,26,32)(H,33,34)(H,27,28,29). The Labute approximate surface area is 217 Å². The molecule has 0 unspecified atom stereocenters. The van der Waals surface area contributed by atoms with Crippen molar-refractivity contribution in [2.24, 2.45) is 0 Å². The zero-order valence-electron chi connectivity index (χ0n) is 19.7. The van der Waals surface area contributed by atoms with Crippen LogP contribution >= 0.6 is 11.6 Å². The molecule has 0 atom stereocenters. The number of anilines is 3. The number of alkyl carbamates (subject to hydrolysis) is 1. The number of hydrogen-bond acceptors (Lipinski definition) is 8. The summed E-state index contributed by atoms with van der Waals surface area (Å²) in [5, 5.41) is 27.2. The second-order valence-electron chi connectivity index (χ2n) is 7.77. The summed E-state index contributed by atoms with van der Waals surface area (Å²) in [5.41, 5.74) is 0.907. The number of carbonyl (C=O) groups is 2. The number of nitrogens with zero attached hydrogens (tertiary/aromatic N) is 4. The monoisotopic (exact) mass is 528 g/mol. The fraction of sp³-hybridized carbons (Fsp3) is 0.250. The Morgan fingerprint density at radius 3 is 2.49 bits per heavy atom. The maximum absolute atomic E-state index is 11.9. The van der Waals surface area contributed by atoms with Crippen LogP contribution in [0.4, 0.5) is 32.7 Å². The topological polar surface area (TPSA) is 160 Å². The van der Waals surface area contributed by atoms with Crippen LogP contribution in [-0.4, -0.2) is 45.3 Å². The van der Waals surface area contributed by atoms with E-state index in [2.05, 4.69) is 20.6 Å². The number of amides is 2. The summed E-state index contributed by atoms with van der Waals surface area (Å²) in [6.45, 7) is 0.461. The van der Waals surface area contributed by atoms with E-state index in [4.69, 9.17) is 16.3 Å². The van der Waals surface area contributed by atoms with E-state index in [9.17, 15) is 24.8 Å². The number of unbranched alkanes of at least 4 members (excludes halogenated alkanes) is 2. The van der Waals surface area contributed by atoms with Gasteiger partial charge in [0, 0.05) is 23.8 Å². The molecule has 37 heavy (non-hydrogen) atoms. The molecule has 3 N–H and O–H groups in total. The average molecular weight is 529 g/mol. The maximum Gasteiger partial charge on any atom is 0.413 e. The molecule has 0 saturated carbocycles. The molecular weight excluding hydrogens is 504 g/mol. The highest BCUT2D eigenvalue weighted by molar-refractivity contribution is 6.30. The number of carbonyl (C=O) groups excluding carboxylic acids is 1. The molecule has 13 heteroatoms. The van der Waals surface area contributed by atoms with Gasteiger partial charge in [-0.25, -0.2) is 14.6 Å². The lowest BCUT2D eigenvalue weighted by atomic mass is 10.2. The van der Waals surface area contributed by atoms with E-state index in [1.165, 1.54) is 0 Å². The molecule has 0 fully saturated rings. The lowest BCUT2D eigenvalue weighted by Crippen LogP contribution is -2.32. The molecule has 12 nitrogen and oxygen atoms in total. The number of hydrogen-bond donors (Lipinski definition) is 3. The first-order valence-electron chi connectivity index (χ1n) is 11.3. The van der Waals surface area contributed by atoms with Gasteiger partial charge in [-0.2, -0.15) is 4.98 Å². The fourth-order valence-electron chi connectivity index (χ4n) is 3.24. The molecule has 3 aromatic rings. The van der Waals surface area contributed by atoms with Crippen molar-refractivity contribution in [3.8, 4) is 0 Å². The first-order valence-corrected chi connectivity index (χ1v) is 11.7. The van der Waals surface area contributed by atoms with Crippen molar-refractivity contribution < 1.29 is 24.4 Å². The molecule has 2 amide bonds. The minimum Gasteiger partial charge on any atom is -0.465 e. The van der Waals surface area contributed by atoms with Gasteiger partial charge in [-0.3, -0.25) is 15.0 Å². The molecule has 0 saturated heterocycles. The Hall–Kier alpha value is -4.45. The summed E-state index contributed by atoms with van der Waals surface area (Å²) in [5.74, 6) is -0.348. The van der Waals surface area contributed by atoms with Crippen LogP contribution in [0.2, 0.25) is 5.02 Å². The molecule has 3 rings (SSSR count). The third kappa shape index (κ3) is 8.61. The van der Waals surface area contributed by atoms with Crippen LogP contribution in [0.3, 0.4) is 0 Å². The summed E-state index contributed by atoms with van der Waals surface area (Å²) in [6, 6.07) is 15.9. The van der Waals surface area contributed by atoms with Crippen LogP contribution in [0.1, 0.15) is 24.8 Å². The molecule has 1 aromatic heterocycles. The second kappa shape index (κ2) is 13.6. The highest BCUT2D eigenvalue weighted by Crippen LogP contribution is 2.28. The molecule has 0 aliphatic heterocycles. The predicted octanol–water partition coefficient (Wildman–Crippen LogP) is 5.36. The van der Waals surface area contributed by atoms with Gasteiger partial charge >= 0.3 is 17.9 Å². The fourth-order valence-corrected chi connectivity index (χ4v) is 3.37. The highest BCUT2D eigenvalue weighted by atomic mass is 35.5. The van der Waals surface area contributed by atoms with Gasteiger partial charge in [0.15, 0.2) is 0 Å². The predicted molar refractivity (Wildman–Crippen MR) is 137 cm³/mol. The summed E-state index contributed by atoms with van der Waals surface area (Å²) in [7, 11) is 0. The van der Waals surface area contributed by atoms with Gasteiger partial charge < -0.3 is 20.5 Å². The third-order valence-corrected chi connectivity index (χ3v) is 5.33. The van der Waals surface area contributed by atoms with E-state index < -0.39 is 22.8 Å². The van der Waals surface area contributed by atoms with E-state index in [0.29, 0.717) is 36.5 Å². The lowest BCUT2D eigenvalue weighted by Gasteiger charge is -2.18. The van der Waals surface area contributed by atoms with Crippen LogP contribution in [-0.2, 0) is 11.3 Å². The smallest absolute Gasteiger partial charge is 0.413 e. The van der Waals surface area contributed by atoms with Crippen molar-refractivity contribution in [1.82, 2.24) is 15.3 Å². The molecule has 194 valence electrons. The van der Waals surface area contributed by atoms with Crippen LogP contribution in [0.25, 0.3) is 0 Å². The van der Waals surface area contributed by atoms with Crippen LogP contribution in [0.15, 0.2) is 60.8 Å². The zero-order chi connectivity index (χ0) is 26.6. The molecule has 2 aromatic carbocycles. The van der Waals surface area contributed by atoms with Gasteiger partial charge in [0.05, 0.1) is 4.92 Å². The van der Waals surface area contributed by atoms with Gasteiger partial charge in [0.1, 0.15) is 12.8 Å². The summed E-state index contributed by atoms with van der Waals surface area (Å²) in [6.07, 6.45) is 0.520. The van der Waals surface area contributed by atoms with E-state index in [0.717, 1.165) is 16.7 Å².